The van der Waals surface area contributed by atoms with Crippen molar-refractivity contribution in [1.82, 2.24) is 19.7 Å². The van der Waals surface area contributed by atoms with E-state index in [2.05, 4.69) is 26.9 Å². The number of halogens is 1. The maximum absolute atomic E-state index is 10.8. The first-order chi connectivity index (χ1) is 14.8. The molecule has 0 amide bonds. The van der Waals surface area contributed by atoms with Crippen LogP contribution in [0, 0.1) is 6.92 Å². The zero-order valence-corrected chi connectivity index (χ0v) is 18.6. The van der Waals surface area contributed by atoms with Crippen molar-refractivity contribution in [3.05, 3.63) is 41.2 Å². The Morgan fingerprint density at radius 1 is 1.19 bits per heavy atom. The van der Waals surface area contributed by atoms with Gasteiger partial charge in [0.25, 0.3) is 0 Å². The van der Waals surface area contributed by atoms with E-state index in [1.54, 1.807) is 10.7 Å². The van der Waals surface area contributed by atoms with Crippen molar-refractivity contribution in [2.75, 3.05) is 18.0 Å². The van der Waals surface area contributed by atoms with Gasteiger partial charge in [0.2, 0.25) is 0 Å². The van der Waals surface area contributed by atoms with Gasteiger partial charge in [0.1, 0.15) is 5.75 Å². The van der Waals surface area contributed by atoms with Crippen LogP contribution >= 0.6 is 11.6 Å². The largest absolute Gasteiger partial charge is 0.507 e. The number of pyridine rings is 2. The number of anilines is 1. The lowest BCUT2D eigenvalue weighted by Crippen LogP contribution is -2.39. The van der Waals surface area contributed by atoms with Gasteiger partial charge in [-0.15, -0.1) is 0 Å². The lowest BCUT2D eigenvalue weighted by atomic mass is 10.0. The number of benzene rings is 1. The van der Waals surface area contributed by atoms with Gasteiger partial charge in [-0.05, 0) is 39.0 Å². The fraction of sp³-hybridized carbons (Fsp3) is 0.304. The zero-order chi connectivity index (χ0) is 21.9. The Balaban J connectivity index is 1.60. The first-order valence-corrected chi connectivity index (χ1v) is 10.6. The molecule has 3 aromatic heterocycles. The first kappa shape index (κ1) is 19.8. The molecule has 1 N–H and O–H groups in total. The molecule has 8 heteroatoms. The third-order valence-electron chi connectivity index (χ3n) is 5.71. The predicted octanol–water partition coefficient (Wildman–Crippen LogP) is 4.52. The Morgan fingerprint density at radius 3 is 2.77 bits per heavy atom. The van der Waals surface area contributed by atoms with Crippen LogP contribution in [0.25, 0.3) is 33.2 Å². The van der Waals surface area contributed by atoms with Crippen LogP contribution in [0.5, 0.6) is 5.75 Å². The number of aliphatic imine (C=N–C) groups is 1. The molecule has 0 radical (unpaired) electrons. The third kappa shape index (κ3) is 3.39. The Morgan fingerprint density at radius 2 is 2.00 bits per heavy atom. The summed E-state index contributed by atoms with van der Waals surface area (Å²) in [6.45, 7) is 7.63. The molecule has 31 heavy (non-hydrogen) atoms. The summed E-state index contributed by atoms with van der Waals surface area (Å²) in [5, 5.41) is 17.5. The molecule has 0 saturated heterocycles. The van der Waals surface area contributed by atoms with Gasteiger partial charge >= 0.3 is 0 Å². The van der Waals surface area contributed by atoms with Crippen LogP contribution in [0.3, 0.4) is 0 Å². The predicted molar refractivity (Wildman–Crippen MR) is 125 cm³/mol. The summed E-state index contributed by atoms with van der Waals surface area (Å²) < 4.78 is 1.73. The van der Waals surface area contributed by atoms with Crippen molar-refractivity contribution in [1.29, 1.82) is 0 Å². The number of phenols is 1. The van der Waals surface area contributed by atoms with Crippen molar-refractivity contribution in [2.45, 2.75) is 26.8 Å². The van der Waals surface area contributed by atoms with Crippen LogP contribution in [0.2, 0.25) is 5.02 Å². The van der Waals surface area contributed by atoms with Gasteiger partial charge in [-0.2, -0.15) is 5.10 Å². The SMILES string of the molecule is CC1=N[C@@H](C)CN(c2cnc3nc(-c4cc5cn(C)nc5c(C)c4O)cc(Cl)c3c2)C1. The molecule has 0 unspecified atom stereocenters. The number of nitrogens with zero attached hydrogens (tertiary/aromatic N) is 6. The second-order valence-electron chi connectivity index (χ2n) is 8.29. The fourth-order valence-electron chi connectivity index (χ4n) is 4.32. The fourth-order valence-corrected chi connectivity index (χ4v) is 4.56. The number of aromatic nitrogens is 4. The Bertz CT molecular complexity index is 1380. The summed E-state index contributed by atoms with van der Waals surface area (Å²) in [6, 6.07) is 5.95. The van der Waals surface area contributed by atoms with E-state index in [-0.39, 0.29) is 11.8 Å². The lowest BCUT2D eigenvalue weighted by molar-refractivity contribution is 0.474. The second kappa shape index (κ2) is 7.20. The Labute approximate surface area is 185 Å². The molecule has 1 aliphatic heterocycles. The van der Waals surface area contributed by atoms with Crippen LogP contribution in [0.15, 0.2) is 35.6 Å². The van der Waals surface area contributed by atoms with Gasteiger partial charge in [-0.3, -0.25) is 9.67 Å². The molecule has 158 valence electrons. The maximum atomic E-state index is 10.8. The summed E-state index contributed by atoms with van der Waals surface area (Å²) in [5.41, 5.74) is 5.34. The van der Waals surface area contributed by atoms with E-state index in [1.807, 2.05) is 45.4 Å². The molecular weight excluding hydrogens is 412 g/mol. The van der Waals surface area contributed by atoms with Crippen LogP contribution in [-0.2, 0) is 7.05 Å². The second-order valence-corrected chi connectivity index (χ2v) is 8.69. The summed E-state index contributed by atoms with van der Waals surface area (Å²) in [6.07, 6.45) is 3.75. The molecule has 7 nitrogen and oxygen atoms in total. The zero-order valence-electron chi connectivity index (χ0n) is 17.9. The molecule has 0 bridgehead atoms. The highest BCUT2D eigenvalue weighted by molar-refractivity contribution is 6.35. The molecule has 0 saturated carbocycles. The Hall–Kier alpha value is -3.19. The Kier molecular flexibility index (Phi) is 4.59. The van der Waals surface area contributed by atoms with Gasteiger partial charge in [-0.1, -0.05) is 11.6 Å². The van der Waals surface area contributed by atoms with Crippen molar-refractivity contribution in [2.24, 2.45) is 12.0 Å². The van der Waals surface area contributed by atoms with Gasteiger partial charge in [-0.25, -0.2) is 9.97 Å². The highest BCUT2D eigenvalue weighted by atomic mass is 35.5. The van der Waals surface area contributed by atoms with Gasteiger partial charge in [0.05, 0.1) is 40.7 Å². The molecule has 1 aromatic carbocycles. The molecule has 4 aromatic rings. The molecule has 0 fully saturated rings. The van der Waals surface area contributed by atoms with Crippen molar-refractivity contribution in [3.8, 4) is 17.0 Å². The smallest absolute Gasteiger partial charge is 0.161 e. The summed E-state index contributed by atoms with van der Waals surface area (Å²) in [5.74, 6) is 0.155. The number of fused-ring (bicyclic) bond motifs is 2. The van der Waals surface area contributed by atoms with Crippen molar-refractivity contribution < 1.29 is 5.11 Å². The van der Waals surface area contributed by atoms with Crippen molar-refractivity contribution >= 4 is 44.9 Å². The quantitative estimate of drug-likeness (QED) is 0.501. The number of rotatable bonds is 2. The van der Waals surface area contributed by atoms with Gasteiger partial charge in [0.15, 0.2) is 5.65 Å². The van der Waals surface area contributed by atoms with Crippen LogP contribution < -0.4 is 4.90 Å². The molecule has 1 aliphatic rings. The molecule has 0 spiro atoms. The molecule has 5 rings (SSSR count). The van der Waals surface area contributed by atoms with E-state index >= 15 is 0 Å². The number of hydrogen-bond acceptors (Lipinski definition) is 6. The van der Waals surface area contributed by atoms with Crippen LogP contribution in [0.4, 0.5) is 5.69 Å². The summed E-state index contributed by atoms with van der Waals surface area (Å²) >= 11 is 6.67. The molecule has 0 aliphatic carbocycles. The molecule has 1 atom stereocenters. The van der Waals surface area contributed by atoms with E-state index in [4.69, 9.17) is 16.6 Å². The van der Waals surface area contributed by atoms with Crippen LogP contribution in [-0.4, -0.2) is 49.7 Å². The average Bonchev–Trinajstić information content (AvgIpc) is 3.10. The van der Waals surface area contributed by atoms with E-state index in [1.165, 1.54) is 0 Å². The minimum Gasteiger partial charge on any atom is -0.507 e. The average molecular weight is 435 g/mol. The lowest BCUT2D eigenvalue weighted by Gasteiger charge is -2.30. The summed E-state index contributed by atoms with van der Waals surface area (Å²) in [4.78, 5) is 16.2. The van der Waals surface area contributed by atoms with Gasteiger partial charge < -0.3 is 10.0 Å². The summed E-state index contributed by atoms with van der Waals surface area (Å²) in [7, 11) is 1.86. The molecular formula is C23H23ClN6O. The topological polar surface area (TPSA) is 79.4 Å². The third-order valence-corrected chi connectivity index (χ3v) is 6.02. The standard InChI is InChI=1S/C23H23ClN6O/c1-12-9-30(10-13(2)26-12)16-6-17-19(24)7-20(27-23(17)25-8-16)18-5-15-11-29(4)28-21(15)14(3)22(18)31/h5-8,11-12,31H,9-10H2,1-4H3/t12-/m0/s1. The minimum absolute atomic E-state index is 0.155. The maximum Gasteiger partial charge on any atom is 0.161 e. The first-order valence-electron chi connectivity index (χ1n) is 10.2. The van der Waals surface area contributed by atoms with Crippen molar-refractivity contribution in [3.63, 3.8) is 0 Å². The highest BCUT2D eigenvalue weighted by Crippen LogP contribution is 2.38. The number of aryl methyl sites for hydroxylation is 2. The van der Waals surface area contributed by atoms with Gasteiger partial charge in [0, 0.05) is 47.4 Å². The normalized spacial score (nSPS) is 16.9. The highest BCUT2D eigenvalue weighted by Gasteiger charge is 2.20. The number of hydrogen-bond donors (Lipinski definition) is 1. The minimum atomic E-state index is 0.155. The number of phenolic OH excluding ortho intramolecular Hbond substituents is 1. The monoisotopic (exact) mass is 434 g/mol. The van der Waals surface area contributed by atoms with E-state index < -0.39 is 0 Å². The van der Waals surface area contributed by atoms with E-state index in [0.717, 1.165) is 40.8 Å². The molecule has 4 heterocycles. The van der Waals surface area contributed by atoms with Crippen LogP contribution in [0.1, 0.15) is 19.4 Å². The number of aromatic hydroxyl groups is 1. The van der Waals surface area contributed by atoms with E-state index in [0.29, 0.717) is 27.5 Å². The van der Waals surface area contributed by atoms with E-state index in [9.17, 15) is 5.11 Å².